The second kappa shape index (κ2) is 8.20. The Kier molecular flexibility index (Phi) is 5.27. The molecule has 0 N–H and O–H groups in total. The van der Waals surface area contributed by atoms with E-state index >= 15 is 0 Å². The van der Waals surface area contributed by atoms with Crippen molar-refractivity contribution >= 4 is 0 Å². The first-order valence-electron chi connectivity index (χ1n) is 10.8. The van der Waals surface area contributed by atoms with Gasteiger partial charge in [-0.25, -0.2) is 0 Å². The predicted octanol–water partition coefficient (Wildman–Crippen LogP) is 3.86. The molecule has 2 aliphatic rings. The number of fused-ring (bicyclic) bond motifs is 1. The Hall–Kier alpha value is -2.70. The summed E-state index contributed by atoms with van der Waals surface area (Å²) in [5, 5.41) is 8.61. The van der Waals surface area contributed by atoms with Gasteiger partial charge in [0.05, 0.1) is 12.6 Å². The molecule has 30 heavy (non-hydrogen) atoms. The van der Waals surface area contributed by atoms with Crippen molar-refractivity contribution in [2.24, 2.45) is 0 Å². The first kappa shape index (κ1) is 19.3. The molecule has 0 bridgehead atoms. The fraction of sp³-hybridized carbons (Fsp3) is 0.417. The molecule has 1 fully saturated rings. The summed E-state index contributed by atoms with van der Waals surface area (Å²) >= 11 is 0. The van der Waals surface area contributed by atoms with E-state index in [2.05, 4.69) is 64.2 Å². The molecule has 0 radical (unpaired) electrons. The quantitative estimate of drug-likeness (QED) is 0.644. The zero-order valence-electron chi connectivity index (χ0n) is 17.7. The summed E-state index contributed by atoms with van der Waals surface area (Å²) in [5.41, 5.74) is 4.89. The van der Waals surface area contributed by atoms with Gasteiger partial charge in [0.15, 0.2) is 0 Å². The fourth-order valence-corrected chi connectivity index (χ4v) is 4.36. The summed E-state index contributed by atoms with van der Waals surface area (Å²) in [4.78, 5) is 4.95. The monoisotopic (exact) mass is 404 g/mol. The van der Waals surface area contributed by atoms with Crippen LogP contribution in [0.1, 0.15) is 35.5 Å². The molecule has 0 saturated carbocycles. The number of aryl methyl sites for hydroxylation is 1. The summed E-state index contributed by atoms with van der Waals surface area (Å²) in [5.74, 6) is 2.35. The van der Waals surface area contributed by atoms with Crippen LogP contribution in [0.15, 0.2) is 46.9 Å². The van der Waals surface area contributed by atoms with E-state index in [-0.39, 0.29) is 6.04 Å². The maximum Gasteiger partial charge on any atom is 0.247 e. The molecular formula is C24H28N4O2. The fourth-order valence-electron chi connectivity index (χ4n) is 4.36. The van der Waals surface area contributed by atoms with E-state index < -0.39 is 0 Å². The van der Waals surface area contributed by atoms with Crippen LogP contribution in [0.25, 0.3) is 11.5 Å². The lowest BCUT2D eigenvalue weighted by Crippen LogP contribution is -2.46. The average molecular weight is 405 g/mol. The standard InChI is InChI=1S/C24H28N4O2/c1-17-4-3-5-21(14-17)24-26-25-23(30-24)18(2)28-11-9-27(10-12-28)16-19-6-7-22-20(15-19)8-13-29-22/h3-7,14-15,18H,8-13,16H2,1-2H3/t18-/m0/s1. The lowest BCUT2D eigenvalue weighted by molar-refractivity contribution is 0.0876. The highest BCUT2D eigenvalue weighted by Crippen LogP contribution is 2.28. The lowest BCUT2D eigenvalue weighted by atomic mass is 10.1. The first-order chi connectivity index (χ1) is 14.7. The van der Waals surface area contributed by atoms with E-state index in [0.717, 1.165) is 57.1 Å². The van der Waals surface area contributed by atoms with Crippen molar-refractivity contribution in [1.82, 2.24) is 20.0 Å². The number of rotatable bonds is 5. The number of nitrogens with zero attached hydrogens (tertiary/aromatic N) is 4. The van der Waals surface area contributed by atoms with Gasteiger partial charge in [-0.05, 0) is 43.2 Å². The van der Waals surface area contributed by atoms with Gasteiger partial charge in [-0.2, -0.15) is 0 Å². The van der Waals surface area contributed by atoms with Gasteiger partial charge in [0, 0.05) is 44.7 Å². The molecule has 0 spiro atoms. The minimum atomic E-state index is 0.121. The van der Waals surface area contributed by atoms with Crippen LogP contribution in [0.4, 0.5) is 0 Å². The van der Waals surface area contributed by atoms with Crippen LogP contribution in [-0.4, -0.2) is 52.8 Å². The van der Waals surface area contributed by atoms with Gasteiger partial charge in [-0.3, -0.25) is 9.80 Å². The average Bonchev–Trinajstić information content (AvgIpc) is 3.43. The van der Waals surface area contributed by atoms with Crippen LogP contribution in [0, 0.1) is 6.92 Å². The second-order valence-electron chi connectivity index (χ2n) is 8.34. The number of piperazine rings is 1. The maximum absolute atomic E-state index is 6.02. The van der Waals surface area contributed by atoms with E-state index in [4.69, 9.17) is 9.15 Å². The molecular weight excluding hydrogens is 376 g/mol. The molecule has 2 aliphatic heterocycles. The smallest absolute Gasteiger partial charge is 0.247 e. The molecule has 6 nitrogen and oxygen atoms in total. The molecule has 0 unspecified atom stereocenters. The lowest BCUT2D eigenvalue weighted by Gasteiger charge is -2.36. The molecule has 156 valence electrons. The molecule has 2 aromatic carbocycles. The zero-order chi connectivity index (χ0) is 20.5. The van der Waals surface area contributed by atoms with E-state index in [1.165, 1.54) is 16.7 Å². The third-order valence-electron chi connectivity index (χ3n) is 6.18. The topological polar surface area (TPSA) is 54.6 Å². The molecule has 6 heteroatoms. The summed E-state index contributed by atoms with van der Waals surface area (Å²) in [6, 6.07) is 14.9. The Morgan fingerprint density at radius 2 is 1.90 bits per heavy atom. The molecule has 5 rings (SSSR count). The molecule has 1 aromatic heterocycles. The highest BCUT2D eigenvalue weighted by Gasteiger charge is 2.26. The normalized spacial score (nSPS) is 18.2. The van der Waals surface area contributed by atoms with Crippen molar-refractivity contribution in [2.75, 3.05) is 32.8 Å². The maximum atomic E-state index is 6.02. The Morgan fingerprint density at radius 3 is 2.73 bits per heavy atom. The number of aromatic nitrogens is 2. The third-order valence-corrected chi connectivity index (χ3v) is 6.18. The van der Waals surface area contributed by atoms with Crippen molar-refractivity contribution < 1.29 is 9.15 Å². The Bertz CT molecular complexity index is 1020. The van der Waals surface area contributed by atoms with Crippen molar-refractivity contribution in [2.45, 2.75) is 32.9 Å². The minimum Gasteiger partial charge on any atom is -0.493 e. The highest BCUT2D eigenvalue weighted by atomic mass is 16.5. The third kappa shape index (κ3) is 3.98. The Labute approximate surface area is 177 Å². The van der Waals surface area contributed by atoms with Crippen LogP contribution in [0.2, 0.25) is 0 Å². The van der Waals surface area contributed by atoms with E-state index in [9.17, 15) is 0 Å². The number of hydrogen-bond acceptors (Lipinski definition) is 6. The van der Waals surface area contributed by atoms with Gasteiger partial charge in [0.1, 0.15) is 5.75 Å². The first-order valence-corrected chi connectivity index (χ1v) is 10.8. The number of ether oxygens (including phenoxy) is 1. The van der Waals surface area contributed by atoms with E-state index in [0.29, 0.717) is 11.8 Å². The largest absolute Gasteiger partial charge is 0.493 e. The van der Waals surface area contributed by atoms with Gasteiger partial charge in [-0.1, -0.05) is 29.8 Å². The van der Waals surface area contributed by atoms with Crippen LogP contribution < -0.4 is 4.74 Å². The Balaban J connectivity index is 1.18. The predicted molar refractivity (Wildman–Crippen MR) is 115 cm³/mol. The van der Waals surface area contributed by atoms with Crippen LogP contribution in [0.3, 0.4) is 0 Å². The summed E-state index contributed by atoms with van der Waals surface area (Å²) in [6.45, 7) is 10.1. The number of benzene rings is 2. The highest BCUT2D eigenvalue weighted by molar-refractivity contribution is 5.53. The van der Waals surface area contributed by atoms with Gasteiger partial charge in [-0.15, -0.1) is 10.2 Å². The minimum absolute atomic E-state index is 0.121. The molecule has 3 heterocycles. The van der Waals surface area contributed by atoms with Crippen LogP contribution in [-0.2, 0) is 13.0 Å². The zero-order valence-corrected chi connectivity index (χ0v) is 17.7. The summed E-state index contributed by atoms with van der Waals surface area (Å²) in [7, 11) is 0. The summed E-state index contributed by atoms with van der Waals surface area (Å²) < 4.78 is 11.6. The van der Waals surface area contributed by atoms with Crippen molar-refractivity contribution in [1.29, 1.82) is 0 Å². The summed E-state index contributed by atoms with van der Waals surface area (Å²) in [6.07, 6.45) is 1.03. The molecule has 1 atom stereocenters. The Morgan fingerprint density at radius 1 is 1.03 bits per heavy atom. The van der Waals surface area contributed by atoms with Crippen molar-refractivity contribution in [3.05, 3.63) is 65.0 Å². The van der Waals surface area contributed by atoms with Crippen LogP contribution in [0.5, 0.6) is 5.75 Å². The van der Waals surface area contributed by atoms with Gasteiger partial charge in [0.25, 0.3) is 0 Å². The second-order valence-corrected chi connectivity index (χ2v) is 8.34. The van der Waals surface area contributed by atoms with Gasteiger partial charge < -0.3 is 9.15 Å². The van der Waals surface area contributed by atoms with Crippen molar-refractivity contribution in [3.8, 4) is 17.2 Å². The van der Waals surface area contributed by atoms with E-state index in [1.54, 1.807) is 0 Å². The molecule has 1 saturated heterocycles. The number of hydrogen-bond donors (Lipinski definition) is 0. The molecule has 0 amide bonds. The van der Waals surface area contributed by atoms with Crippen LogP contribution >= 0.6 is 0 Å². The van der Waals surface area contributed by atoms with Gasteiger partial charge >= 0.3 is 0 Å². The van der Waals surface area contributed by atoms with Gasteiger partial charge in [0.2, 0.25) is 11.8 Å². The van der Waals surface area contributed by atoms with E-state index in [1.807, 2.05) is 12.1 Å². The molecule has 0 aliphatic carbocycles. The molecule has 3 aromatic rings. The van der Waals surface area contributed by atoms with Crippen molar-refractivity contribution in [3.63, 3.8) is 0 Å². The SMILES string of the molecule is Cc1cccc(-c2nnc([C@H](C)N3CCN(Cc4ccc5c(c4)CCO5)CC3)o2)c1.